The minimum Gasteiger partial charge on any atom is -0.0654 e. The quantitative estimate of drug-likeness (QED) is 0.545. The van der Waals surface area contributed by atoms with E-state index >= 15 is 0 Å². The van der Waals surface area contributed by atoms with Gasteiger partial charge < -0.3 is 0 Å². The first kappa shape index (κ1) is 14.5. The molecule has 0 unspecified atom stereocenters. The molecule has 0 amide bonds. The molecule has 0 atom stereocenters. The van der Waals surface area contributed by atoms with Crippen molar-refractivity contribution in [3.8, 4) is 0 Å². The molecule has 0 fully saturated rings. The van der Waals surface area contributed by atoms with Crippen molar-refractivity contribution in [3.05, 3.63) is 0 Å². The Morgan fingerprint density at radius 2 is 1.00 bits per heavy atom. The van der Waals surface area contributed by atoms with Crippen LogP contribution in [0.25, 0.3) is 0 Å². The average molecular weight is 172 g/mol. The molecule has 0 N–H and O–H groups in total. The van der Waals surface area contributed by atoms with Crippen LogP contribution in [0.4, 0.5) is 0 Å². The van der Waals surface area contributed by atoms with E-state index in [1.807, 2.05) is 0 Å². The molecule has 0 bridgehead atoms. The third-order valence-corrected chi connectivity index (χ3v) is 2.44. The van der Waals surface area contributed by atoms with Gasteiger partial charge in [-0.2, -0.15) is 0 Å². The Kier molecular flexibility index (Phi) is 16.4. The summed E-state index contributed by atoms with van der Waals surface area (Å²) in [5.41, 5.74) is 0. The second-order valence-electron chi connectivity index (χ2n) is 3.44. The molecule has 0 aromatic carbocycles. The molecule has 0 nitrogen and oxygen atoms in total. The zero-order chi connectivity index (χ0) is 9.82. The van der Waals surface area contributed by atoms with Crippen molar-refractivity contribution in [2.75, 3.05) is 0 Å². The summed E-state index contributed by atoms with van der Waals surface area (Å²) in [6.45, 7) is 11.2. The summed E-state index contributed by atoms with van der Waals surface area (Å²) >= 11 is 0. The van der Waals surface area contributed by atoms with Gasteiger partial charge in [-0.05, 0) is 5.92 Å². The van der Waals surface area contributed by atoms with Crippen LogP contribution < -0.4 is 0 Å². The standard InChI is InChI=1S/C7H16.C5H12/c1-4-7(5-2)6-3;1-3-5-4-2/h7H,4-6H2,1-3H3;3-5H2,1-2H3. The van der Waals surface area contributed by atoms with Gasteiger partial charge in [0.25, 0.3) is 0 Å². The molecule has 12 heavy (non-hydrogen) atoms. The van der Waals surface area contributed by atoms with E-state index in [9.17, 15) is 0 Å². The van der Waals surface area contributed by atoms with Crippen molar-refractivity contribution >= 4 is 0 Å². The van der Waals surface area contributed by atoms with Crippen molar-refractivity contribution in [3.63, 3.8) is 0 Å². The summed E-state index contributed by atoms with van der Waals surface area (Å²) in [4.78, 5) is 0. The maximum absolute atomic E-state index is 2.26. The lowest BCUT2D eigenvalue weighted by Crippen LogP contribution is -1.91. The average Bonchev–Trinajstić information content (AvgIpc) is 2.10. The second kappa shape index (κ2) is 13.6. The fourth-order valence-electron chi connectivity index (χ4n) is 1.22. The molecule has 0 rings (SSSR count). The van der Waals surface area contributed by atoms with Crippen LogP contribution in [0.15, 0.2) is 0 Å². The lowest BCUT2D eigenvalue weighted by Gasteiger charge is -2.05. The Labute approximate surface area is 79.8 Å². The highest BCUT2D eigenvalue weighted by Gasteiger charge is 1.95. The number of hydrogen-bond acceptors (Lipinski definition) is 0. The van der Waals surface area contributed by atoms with Crippen LogP contribution in [0.2, 0.25) is 0 Å². The van der Waals surface area contributed by atoms with Crippen LogP contribution in [0.3, 0.4) is 0 Å². The molecule has 0 saturated heterocycles. The Morgan fingerprint density at radius 1 is 0.667 bits per heavy atom. The molecule has 0 saturated carbocycles. The molecule has 0 heterocycles. The van der Waals surface area contributed by atoms with Gasteiger partial charge in [-0.25, -0.2) is 0 Å². The summed E-state index contributed by atoms with van der Waals surface area (Å²) in [5, 5.41) is 0. The van der Waals surface area contributed by atoms with Gasteiger partial charge in [-0.1, -0.05) is 73.1 Å². The summed E-state index contributed by atoms with van der Waals surface area (Å²) in [6.07, 6.45) is 8.14. The number of rotatable bonds is 5. The van der Waals surface area contributed by atoms with Crippen LogP contribution >= 0.6 is 0 Å². The van der Waals surface area contributed by atoms with Crippen LogP contribution in [0, 0.1) is 5.92 Å². The van der Waals surface area contributed by atoms with E-state index in [2.05, 4.69) is 34.6 Å². The Hall–Kier alpha value is 0. The Balaban J connectivity index is 0. The van der Waals surface area contributed by atoms with E-state index in [-0.39, 0.29) is 0 Å². The largest absolute Gasteiger partial charge is 0.0654 e. The maximum atomic E-state index is 2.26. The van der Waals surface area contributed by atoms with Crippen LogP contribution in [-0.2, 0) is 0 Å². The molecular weight excluding hydrogens is 144 g/mol. The van der Waals surface area contributed by atoms with Gasteiger partial charge in [-0.15, -0.1) is 0 Å². The van der Waals surface area contributed by atoms with Crippen molar-refractivity contribution in [1.29, 1.82) is 0 Å². The number of unbranched alkanes of at least 4 members (excludes halogenated alkanes) is 2. The molecule has 0 heteroatoms. The minimum absolute atomic E-state index is 0.986. The first-order chi connectivity index (χ1) is 5.76. The maximum Gasteiger partial charge on any atom is -0.0422 e. The van der Waals surface area contributed by atoms with Gasteiger partial charge in [0.2, 0.25) is 0 Å². The second-order valence-corrected chi connectivity index (χ2v) is 3.44. The summed E-state index contributed by atoms with van der Waals surface area (Å²) in [5.74, 6) is 0.986. The molecular formula is C12H28. The van der Waals surface area contributed by atoms with Gasteiger partial charge in [0.15, 0.2) is 0 Å². The molecule has 0 aliphatic heterocycles. The molecule has 0 radical (unpaired) electrons. The fraction of sp³-hybridized carbons (Fsp3) is 1.00. The van der Waals surface area contributed by atoms with E-state index < -0.39 is 0 Å². The molecule has 0 aliphatic carbocycles. The van der Waals surface area contributed by atoms with E-state index in [0.717, 1.165) is 5.92 Å². The zero-order valence-corrected chi connectivity index (χ0v) is 9.82. The van der Waals surface area contributed by atoms with Gasteiger partial charge in [-0.3, -0.25) is 0 Å². The van der Waals surface area contributed by atoms with E-state index in [1.165, 1.54) is 38.5 Å². The highest BCUT2D eigenvalue weighted by Crippen LogP contribution is 2.09. The normalized spacial score (nSPS) is 9.50. The van der Waals surface area contributed by atoms with Gasteiger partial charge in [0.05, 0.1) is 0 Å². The SMILES string of the molecule is CCC(CC)CC.CCCCC. The molecule has 0 aromatic rings. The highest BCUT2D eigenvalue weighted by molar-refractivity contribution is 4.48. The fourth-order valence-corrected chi connectivity index (χ4v) is 1.22. The van der Waals surface area contributed by atoms with Gasteiger partial charge in [0, 0.05) is 0 Å². The minimum atomic E-state index is 0.986. The van der Waals surface area contributed by atoms with Crippen molar-refractivity contribution in [1.82, 2.24) is 0 Å². The zero-order valence-electron chi connectivity index (χ0n) is 9.82. The van der Waals surface area contributed by atoms with Gasteiger partial charge >= 0.3 is 0 Å². The van der Waals surface area contributed by atoms with E-state index in [1.54, 1.807) is 0 Å². The van der Waals surface area contributed by atoms with Crippen LogP contribution in [-0.4, -0.2) is 0 Å². The lowest BCUT2D eigenvalue weighted by molar-refractivity contribution is 0.477. The smallest absolute Gasteiger partial charge is 0.0422 e. The molecule has 0 aliphatic rings. The summed E-state index contributed by atoms with van der Waals surface area (Å²) < 4.78 is 0. The summed E-state index contributed by atoms with van der Waals surface area (Å²) in [7, 11) is 0. The topological polar surface area (TPSA) is 0 Å². The lowest BCUT2D eigenvalue weighted by atomic mass is 10.0. The first-order valence-electron chi connectivity index (χ1n) is 5.76. The number of hydrogen-bond donors (Lipinski definition) is 0. The predicted molar refractivity (Wildman–Crippen MR) is 59.6 cm³/mol. The third-order valence-electron chi connectivity index (χ3n) is 2.44. The monoisotopic (exact) mass is 172 g/mol. The third kappa shape index (κ3) is 12.7. The first-order valence-corrected chi connectivity index (χ1v) is 5.76. The van der Waals surface area contributed by atoms with Gasteiger partial charge in [0.1, 0.15) is 0 Å². The van der Waals surface area contributed by atoms with Crippen molar-refractivity contribution in [2.24, 2.45) is 5.92 Å². The Bertz CT molecular complexity index is 45.5. The van der Waals surface area contributed by atoms with Crippen LogP contribution in [0.5, 0.6) is 0 Å². The Morgan fingerprint density at radius 3 is 1.00 bits per heavy atom. The molecule has 0 aromatic heterocycles. The predicted octanol–water partition coefficient (Wildman–Crippen LogP) is 5.03. The molecule has 76 valence electrons. The summed E-state index contributed by atoms with van der Waals surface area (Å²) in [6, 6.07) is 0. The van der Waals surface area contributed by atoms with Crippen molar-refractivity contribution in [2.45, 2.75) is 73.1 Å². The highest BCUT2D eigenvalue weighted by atomic mass is 14.0. The molecule has 0 spiro atoms. The van der Waals surface area contributed by atoms with Crippen molar-refractivity contribution < 1.29 is 0 Å². The van der Waals surface area contributed by atoms with E-state index in [4.69, 9.17) is 0 Å². The van der Waals surface area contributed by atoms with Crippen LogP contribution in [0.1, 0.15) is 73.1 Å². The van der Waals surface area contributed by atoms with E-state index in [0.29, 0.717) is 0 Å².